The Labute approximate surface area is 211 Å². The number of carbonyl (C=O) groups is 4. The average Bonchev–Trinajstić information content (AvgIpc) is 2.85. The van der Waals surface area contributed by atoms with Crippen LogP contribution >= 0.6 is 0 Å². The Bertz CT molecular complexity index is 904. The molecule has 8 heteroatoms. The predicted octanol–water partition coefficient (Wildman–Crippen LogP) is 5.15. The van der Waals surface area contributed by atoms with Crippen LogP contribution in [0.3, 0.4) is 0 Å². The van der Waals surface area contributed by atoms with E-state index in [0.29, 0.717) is 24.0 Å². The van der Waals surface area contributed by atoms with E-state index in [0.717, 1.165) is 12.8 Å². The zero-order chi connectivity index (χ0) is 27.2. The number of unbranched alkanes of at least 4 members (excludes halogenated alkanes) is 2. The molecule has 0 fully saturated rings. The minimum atomic E-state index is -1.86. The Balaban J connectivity index is 0.000000384. The molecule has 0 aliphatic heterocycles. The first-order valence-electron chi connectivity index (χ1n) is 12.1. The van der Waals surface area contributed by atoms with Crippen molar-refractivity contribution < 1.29 is 39.6 Å². The van der Waals surface area contributed by atoms with Crippen LogP contribution in [0.25, 0.3) is 0 Å². The average molecular weight is 501 g/mol. The van der Waals surface area contributed by atoms with E-state index in [1.165, 1.54) is 0 Å². The van der Waals surface area contributed by atoms with Crippen molar-refractivity contribution in [3.63, 3.8) is 0 Å². The third-order valence-electron chi connectivity index (χ3n) is 6.25. The largest absolute Gasteiger partial charge is 0.480 e. The third kappa shape index (κ3) is 8.22. The molecule has 0 aliphatic rings. The predicted molar refractivity (Wildman–Crippen MR) is 135 cm³/mol. The van der Waals surface area contributed by atoms with Gasteiger partial charge in [-0.15, -0.1) is 0 Å². The van der Waals surface area contributed by atoms with Crippen LogP contribution in [-0.4, -0.2) is 44.3 Å². The van der Waals surface area contributed by atoms with E-state index in [1.807, 2.05) is 26.0 Å². The summed E-state index contributed by atoms with van der Waals surface area (Å²) in [5.74, 6) is -5.03. The van der Waals surface area contributed by atoms with Gasteiger partial charge in [0.1, 0.15) is 0 Å². The van der Waals surface area contributed by atoms with Crippen LogP contribution in [0.15, 0.2) is 60.7 Å². The van der Waals surface area contributed by atoms with Gasteiger partial charge >= 0.3 is 23.9 Å². The molecule has 0 amide bonds. The van der Waals surface area contributed by atoms with Gasteiger partial charge < -0.3 is 20.4 Å². The van der Waals surface area contributed by atoms with Crippen molar-refractivity contribution in [2.24, 2.45) is 10.8 Å². The highest BCUT2D eigenvalue weighted by molar-refractivity contribution is 5.99. The Morgan fingerprint density at radius 1 is 0.556 bits per heavy atom. The smallest absolute Gasteiger partial charge is 0.321 e. The molecule has 0 heterocycles. The van der Waals surface area contributed by atoms with Crippen molar-refractivity contribution >= 4 is 23.9 Å². The fourth-order valence-electron chi connectivity index (χ4n) is 3.95. The molecule has 0 bridgehead atoms. The maximum Gasteiger partial charge on any atom is 0.321 e. The number of hydrogen-bond acceptors (Lipinski definition) is 4. The van der Waals surface area contributed by atoms with Crippen molar-refractivity contribution in [2.45, 2.75) is 65.2 Å². The van der Waals surface area contributed by atoms with E-state index < -0.39 is 34.7 Å². The first-order chi connectivity index (χ1) is 17.1. The standard InChI is InChI=1S/C17H16O4.C11H20O4/c18-15(19)17(16(20)21,11-13-7-3-1-4-8-13)12-14-9-5-2-6-10-14;1-3-5-7-11(9(12)13,10(14)15)8-6-4-2/h1-10H,11-12H2,(H,18,19)(H,20,21);3-8H2,1-2H3,(H,12,13)(H,14,15). The lowest BCUT2D eigenvalue weighted by atomic mass is 9.76. The van der Waals surface area contributed by atoms with Gasteiger partial charge in [-0.2, -0.15) is 0 Å². The zero-order valence-corrected chi connectivity index (χ0v) is 20.9. The van der Waals surface area contributed by atoms with Crippen molar-refractivity contribution in [3.05, 3.63) is 71.8 Å². The molecule has 0 aliphatic carbocycles. The van der Waals surface area contributed by atoms with Crippen LogP contribution in [0.4, 0.5) is 0 Å². The summed E-state index contributed by atoms with van der Waals surface area (Å²) in [6.45, 7) is 3.85. The molecule has 2 aromatic carbocycles. The Hall–Kier alpha value is -3.68. The number of benzene rings is 2. The minimum absolute atomic E-state index is 0.0482. The molecule has 0 aromatic heterocycles. The van der Waals surface area contributed by atoms with Crippen molar-refractivity contribution in [1.29, 1.82) is 0 Å². The zero-order valence-electron chi connectivity index (χ0n) is 20.9. The topological polar surface area (TPSA) is 149 Å². The molecular weight excluding hydrogens is 464 g/mol. The summed E-state index contributed by atoms with van der Waals surface area (Å²) in [6.07, 6.45) is 3.27. The van der Waals surface area contributed by atoms with Gasteiger partial charge in [0.2, 0.25) is 0 Å². The Morgan fingerprint density at radius 2 is 0.861 bits per heavy atom. The second kappa shape index (κ2) is 14.7. The SMILES string of the molecule is CCCCC(CCCC)(C(=O)O)C(=O)O.O=C(O)C(Cc1ccccc1)(Cc1ccccc1)C(=O)O. The maximum atomic E-state index is 11.7. The number of rotatable bonds is 14. The summed E-state index contributed by atoms with van der Waals surface area (Å²) >= 11 is 0. The summed E-state index contributed by atoms with van der Waals surface area (Å²) in [4.78, 5) is 45.6. The van der Waals surface area contributed by atoms with Crippen LogP contribution in [0, 0.1) is 10.8 Å². The molecule has 8 nitrogen and oxygen atoms in total. The molecule has 2 aromatic rings. The Morgan fingerprint density at radius 3 is 1.11 bits per heavy atom. The van der Waals surface area contributed by atoms with Gasteiger partial charge in [-0.25, -0.2) is 0 Å². The van der Waals surface area contributed by atoms with E-state index in [4.69, 9.17) is 10.2 Å². The Kier molecular flexibility index (Phi) is 12.4. The highest BCUT2D eigenvalue weighted by atomic mass is 16.4. The van der Waals surface area contributed by atoms with Crippen molar-refractivity contribution in [2.75, 3.05) is 0 Å². The van der Waals surface area contributed by atoms with Gasteiger partial charge in [0, 0.05) is 0 Å². The van der Waals surface area contributed by atoms with Gasteiger partial charge in [-0.1, -0.05) is 100 Å². The fraction of sp³-hybridized carbons (Fsp3) is 0.429. The van der Waals surface area contributed by atoms with E-state index in [1.54, 1.807) is 48.5 Å². The monoisotopic (exact) mass is 500 g/mol. The van der Waals surface area contributed by atoms with E-state index in [-0.39, 0.29) is 25.7 Å². The first-order valence-corrected chi connectivity index (χ1v) is 12.1. The molecule has 0 saturated heterocycles. The van der Waals surface area contributed by atoms with Crippen molar-refractivity contribution in [3.8, 4) is 0 Å². The number of aliphatic carboxylic acids is 4. The molecule has 0 saturated carbocycles. The second-order valence-corrected chi connectivity index (χ2v) is 8.92. The summed E-state index contributed by atoms with van der Waals surface area (Å²) < 4.78 is 0. The highest BCUT2D eigenvalue weighted by Crippen LogP contribution is 2.32. The van der Waals surface area contributed by atoms with Crippen LogP contribution in [0.5, 0.6) is 0 Å². The van der Waals surface area contributed by atoms with Crippen molar-refractivity contribution in [1.82, 2.24) is 0 Å². The van der Waals surface area contributed by atoms with E-state index in [2.05, 4.69) is 0 Å². The first kappa shape index (κ1) is 30.4. The third-order valence-corrected chi connectivity index (χ3v) is 6.25. The molecule has 0 atom stereocenters. The van der Waals surface area contributed by atoms with Crippen LogP contribution in [0.2, 0.25) is 0 Å². The summed E-state index contributed by atoms with van der Waals surface area (Å²) in [7, 11) is 0. The van der Waals surface area contributed by atoms with E-state index in [9.17, 15) is 29.4 Å². The summed E-state index contributed by atoms with van der Waals surface area (Å²) in [5.41, 5.74) is -2.04. The summed E-state index contributed by atoms with van der Waals surface area (Å²) in [6, 6.07) is 17.7. The minimum Gasteiger partial charge on any atom is -0.480 e. The maximum absolute atomic E-state index is 11.7. The van der Waals surface area contributed by atoms with E-state index >= 15 is 0 Å². The molecule has 2 rings (SSSR count). The molecule has 36 heavy (non-hydrogen) atoms. The summed E-state index contributed by atoms with van der Waals surface area (Å²) in [5, 5.41) is 37.2. The highest BCUT2D eigenvalue weighted by Gasteiger charge is 2.47. The van der Waals surface area contributed by atoms with Gasteiger partial charge in [0.15, 0.2) is 10.8 Å². The van der Waals surface area contributed by atoms with Gasteiger partial charge in [0.05, 0.1) is 0 Å². The number of carboxylic acid groups (broad SMARTS) is 4. The lowest BCUT2D eigenvalue weighted by molar-refractivity contribution is -0.167. The molecule has 0 spiro atoms. The number of hydrogen-bond donors (Lipinski definition) is 4. The van der Waals surface area contributed by atoms with Gasteiger partial charge in [0.25, 0.3) is 0 Å². The second-order valence-electron chi connectivity index (χ2n) is 8.92. The van der Waals surface area contributed by atoms with Crippen LogP contribution < -0.4 is 0 Å². The molecule has 0 unspecified atom stereocenters. The van der Waals surface area contributed by atoms with Gasteiger partial charge in [-0.05, 0) is 36.8 Å². The normalized spacial score (nSPS) is 11.2. The molecule has 0 radical (unpaired) electrons. The molecule has 4 N–H and O–H groups in total. The van der Waals surface area contributed by atoms with Crippen LogP contribution in [-0.2, 0) is 32.0 Å². The quantitative estimate of drug-likeness (QED) is 0.260. The van der Waals surface area contributed by atoms with Crippen LogP contribution in [0.1, 0.15) is 63.5 Å². The fourth-order valence-corrected chi connectivity index (χ4v) is 3.95. The molecular formula is C28H36O8. The number of carboxylic acids is 4. The lowest BCUT2D eigenvalue weighted by Crippen LogP contribution is -2.43. The molecule has 196 valence electrons. The van der Waals surface area contributed by atoms with Gasteiger partial charge in [-0.3, -0.25) is 19.2 Å². The lowest BCUT2D eigenvalue weighted by Gasteiger charge is -2.25.